The van der Waals surface area contributed by atoms with Crippen LogP contribution in [-0.2, 0) is 6.42 Å². The topological polar surface area (TPSA) is 41.5 Å². The molecule has 0 saturated carbocycles. The molecule has 15 heavy (non-hydrogen) atoms. The van der Waals surface area contributed by atoms with Crippen molar-refractivity contribution in [2.24, 2.45) is 0 Å². The maximum atomic E-state index is 9.88. The smallest absolute Gasteiger partial charge is 0.122 e. The Morgan fingerprint density at radius 2 is 2.40 bits per heavy atom. The first-order valence-electron chi connectivity index (χ1n) is 5.45. The molecule has 0 fully saturated rings. The predicted molar refractivity (Wildman–Crippen MR) is 59.1 cm³/mol. The zero-order valence-electron chi connectivity index (χ0n) is 8.99. The van der Waals surface area contributed by atoms with Crippen molar-refractivity contribution in [2.75, 3.05) is 19.7 Å². The van der Waals surface area contributed by atoms with Gasteiger partial charge in [-0.15, -0.1) is 0 Å². The molecule has 0 radical (unpaired) electrons. The van der Waals surface area contributed by atoms with Gasteiger partial charge in [0, 0.05) is 13.0 Å². The van der Waals surface area contributed by atoms with E-state index < -0.39 is 6.10 Å². The molecule has 1 aromatic rings. The van der Waals surface area contributed by atoms with Crippen LogP contribution in [0.2, 0.25) is 0 Å². The van der Waals surface area contributed by atoms with E-state index in [-0.39, 0.29) is 0 Å². The summed E-state index contributed by atoms with van der Waals surface area (Å²) < 4.78 is 5.42. The maximum absolute atomic E-state index is 9.88. The number of aliphatic hydroxyl groups is 1. The van der Waals surface area contributed by atoms with Gasteiger partial charge in [-0.05, 0) is 29.8 Å². The second kappa shape index (κ2) is 4.64. The molecular formula is C12H17NO2. The van der Waals surface area contributed by atoms with Crippen LogP contribution in [0.25, 0.3) is 0 Å². The molecule has 0 spiro atoms. The Balaban J connectivity index is 2.08. The molecule has 1 unspecified atom stereocenters. The summed E-state index contributed by atoms with van der Waals surface area (Å²) in [5.41, 5.74) is 2.18. The highest BCUT2D eigenvalue weighted by molar-refractivity contribution is 5.40. The number of ether oxygens (including phenoxy) is 1. The Hall–Kier alpha value is -1.06. The third-order valence-corrected chi connectivity index (χ3v) is 2.69. The Labute approximate surface area is 90.1 Å². The highest BCUT2D eigenvalue weighted by Crippen LogP contribution is 2.27. The quantitative estimate of drug-likeness (QED) is 0.781. The Morgan fingerprint density at radius 1 is 1.53 bits per heavy atom. The molecule has 1 aromatic carbocycles. The van der Waals surface area contributed by atoms with E-state index in [0.29, 0.717) is 6.54 Å². The van der Waals surface area contributed by atoms with Crippen molar-refractivity contribution in [1.29, 1.82) is 0 Å². The number of hydrogen-bond acceptors (Lipinski definition) is 3. The van der Waals surface area contributed by atoms with Gasteiger partial charge in [0.2, 0.25) is 0 Å². The molecule has 1 heterocycles. The lowest BCUT2D eigenvalue weighted by molar-refractivity contribution is 0.175. The summed E-state index contributed by atoms with van der Waals surface area (Å²) in [6.45, 7) is 4.28. The maximum Gasteiger partial charge on any atom is 0.122 e. The van der Waals surface area contributed by atoms with E-state index in [2.05, 4.69) is 5.32 Å². The fraction of sp³-hybridized carbons (Fsp3) is 0.500. The van der Waals surface area contributed by atoms with E-state index in [1.165, 1.54) is 5.56 Å². The number of likely N-dealkylation sites (N-methyl/N-ethyl adjacent to an activating group) is 1. The first-order valence-corrected chi connectivity index (χ1v) is 5.45. The van der Waals surface area contributed by atoms with E-state index in [0.717, 1.165) is 30.9 Å². The van der Waals surface area contributed by atoms with Gasteiger partial charge in [-0.2, -0.15) is 0 Å². The number of fused-ring (bicyclic) bond motifs is 1. The SMILES string of the molecule is CCNCC(O)c1ccc2c(c1)CCO2. The fourth-order valence-electron chi connectivity index (χ4n) is 1.81. The predicted octanol–water partition coefficient (Wildman–Crippen LogP) is 1.26. The number of aliphatic hydroxyl groups excluding tert-OH is 1. The average Bonchev–Trinajstić information content (AvgIpc) is 2.72. The summed E-state index contributed by atoms with van der Waals surface area (Å²) in [4.78, 5) is 0. The minimum absolute atomic E-state index is 0.421. The molecule has 2 N–H and O–H groups in total. The summed E-state index contributed by atoms with van der Waals surface area (Å²) in [5.74, 6) is 0.967. The summed E-state index contributed by atoms with van der Waals surface area (Å²) >= 11 is 0. The standard InChI is InChI=1S/C12H17NO2/c1-2-13-8-11(14)9-3-4-12-10(7-9)5-6-15-12/h3-4,7,11,13-14H,2,5-6,8H2,1H3. The lowest BCUT2D eigenvalue weighted by Crippen LogP contribution is -2.20. The third-order valence-electron chi connectivity index (χ3n) is 2.69. The van der Waals surface area contributed by atoms with Gasteiger partial charge in [-0.3, -0.25) is 0 Å². The summed E-state index contributed by atoms with van der Waals surface area (Å²) in [5, 5.41) is 13.0. The van der Waals surface area contributed by atoms with Gasteiger partial charge < -0.3 is 15.2 Å². The van der Waals surface area contributed by atoms with Crippen LogP contribution < -0.4 is 10.1 Å². The highest BCUT2D eigenvalue weighted by atomic mass is 16.5. The van der Waals surface area contributed by atoms with Crippen LogP contribution >= 0.6 is 0 Å². The van der Waals surface area contributed by atoms with Crippen molar-refractivity contribution in [2.45, 2.75) is 19.4 Å². The van der Waals surface area contributed by atoms with Crippen molar-refractivity contribution in [3.8, 4) is 5.75 Å². The van der Waals surface area contributed by atoms with Crippen molar-refractivity contribution in [1.82, 2.24) is 5.32 Å². The van der Waals surface area contributed by atoms with Crippen LogP contribution in [0.3, 0.4) is 0 Å². The molecule has 2 rings (SSSR count). The van der Waals surface area contributed by atoms with E-state index in [9.17, 15) is 5.11 Å². The number of hydrogen-bond donors (Lipinski definition) is 2. The third kappa shape index (κ3) is 2.30. The van der Waals surface area contributed by atoms with Crippen LogP contribution in [-0.4, -0.2) is 24.8 Å². The van der Waals surface area contributed by atoms with Gasteiger partial charge in [-0.25, -0.2) is 0 Å². The molecule has 82 valence electrons. The minimum atomic E-state index is -0.421. The van der Waals surface area contributed by atoms with Crippen LogP contribution in [0.5, 0.6) is 5.75 Å². The minimum Gasteiger partial charge on any atom is -0.493 e. The van der Waals surface area contributed by atoms with E-state index >= 15 is 0 Å². The van der Waals surface area contributed by atoms with Crippen molar-refractivity contribution in [3.63, 3.8) is 0 Å². The largest absolute Gasteiger partial charge is 0.493 e. The number of rotatable bonds is 4. The lowest BCUT2D eigenvalue weighted by atomic mass is 10.0. The second-order valence-corrected chi connectivity index (χ2v) is 3.79. The van der Waals surface area contributed by atoms with Gasteiger partial charge in [0.05, 0.1) is 12.7 Å². The van der Waals surface area contributed by atoms with Crippen molar-refractivity contribution < 1.29 is 9.84 Å². The zero-order chi connectivity index (χ0) is 10.7. The molecule has 0 aromatic heterocycles. The van der Waals surface area contributed by atoms with Gasteiger partial charge >= 0.3 is 0 Å². The molecule has 0 bridgehead atoms. The van der Waals surface area contributed by atoms with Gasteiger partial charge in [-0.1, -0.05) is 13.0 Å². The molecule has 1 aliphatic heterocycles. The van der Waals surface area contributed by atoms with E-state index in [1.54, 1.807) is 0 Å². The molecule has 3 heteroatoms. The van der Waals surface area contributed by atoms with Crippen LogP contribution in [0, 0.1) is 0 Å². The number of nitrogens with one attached hydrogen (secondary N) is 1. The van der Waals surface area contributed by atoms with Gasteiger partial charge in [0.25, 0.3) is 0 Å². The van der Waals surface area contributed by atoms with Crippen LogP contribution in [0.1, 0.15) is 24.2 Å². The molecule has 1 aliphatic rings. The van der Waals surface area contributed by atoms with Crippen molar-refractivity contribution in [3.05, 3.63) is 29.3 Å². The Morgan fingerprint density at radius 3 is 3.20 bits per heavy atom. The summed E-state index contributed by atoms with van der Waals surface area (Å²) in [6.07, 6.45) is 0.535. The zero-order valence-corrected chi connectivity index (χ0v) is 8.99. The Bertz CT molecular complexity index is 338. The monoisotopic (exact) mass is 207 g/mol. The molecule has 3 nitrogen and oxygen atoms in total. The number of benzene rings is 1. The Kier molecular flexibility index (Phi) is 3.23. The molecule has 0 amide bonds. The normalized spacial score (nSPS) is 15.9. The summed E-state index contributed by atoms with van der Waals surface area (Å²) in [6, 6.07) is 5.93. The first-order chi connectivity index (χ1) is 7.31. The first kappa shape index (κ1) is 10.5. The highest BCUT2D eigenvalue weighted by Gasteiger charge is 2.14. The molecule has 0 saturated heterocycles. The summed E-state index contributed by atoms with van der Waals surface area (Å²) in [7, 11) is 0. The molecule has 1 atom stereocenters. The van der Waals surface area contributed by atoms with E-state index in [1.807, 2.05) is 25.1 Å². The second-order valence-electron chi connectivity index (χ2n) is 3.79. The van der Waals surface area contributed by atoms with E-state index in [4.69, 9.17) is 4.74 Å². The van der Waals surface area contributed by atoms with Crippen molar-refractivity contribution >= 4 is 0 Å². The molecular weight excluding hydrogens is 190 g/mol. The fourth-order valence-corrected chi connectivity index (χ4v) is 1.81. The average molecular weight is 207 g/mol. The van der Waals surface area contributed by atoms with Gasteiger partial charge in [0.15, 0.2) is 0 Å². The van der Waals surface area contributed by atoms with Crippen LogP contribution in [0.15, 0.2) is 18.2 Å². The van der Waals surface area contributed by atoms with Crippen LogP contribution in [0.4, 0.5) is 0 Å². The lowest BCUT2D eigenvalue weighted by Gasteiger charge is -2.12. The molecule has 0 aliphatic carbocycles. The van der Waals surface area contributed by atoms with Gasteiger partial charge in [0.1, 0.15) is 5.75 Å².